The number of rotatable bonds is 4. The number of aromatic amines is 1. The summed E-state index contributed by atoms with van der Waals surface area (Å²) in [6, 6.07) is 14.8. The van der Waals surface area contributed by atoms with Gasteiger partial charge in [0.15, 0.2) is 0 Å². The summed E-state index contributed by atoms with van der Waals surface area (Å²) in [7, 11) is 2.13. The lowest BCUT2D eigenvalue weighted by molar-refractivity contribution is 0.102. The van der Waals surface area contributed by atoms with E-state index < -0.39 is 0 Å². The monoisotopic (exact) mass is 410 g/mol. The zero-order chi connectivity index (χ0) is 20.4. The molecule has 3 aromatic rings. The van der Waals surface area contributed by atoms with Gasteiger partial charge in [-0.05, 0) is 43.4 Å². The Morgan fingerprint density at radius 2 is 1.83 bits per heavy atom. The van der Waals surface area contributed by atoms with Gasteiger partial charge in [0.25, 0.3) is 5.91 Å². The first kappa shape index (κ1) is 19.3. The summed E-state index contributed by atoms with van der Waals surface area (Å²) in [6.07, 6.45) is 0. The van der Waals surface area contributed by atoms with Crippen LogP contribution in [0, 0.1) is 0 Å². The Hall–Kier alpha value is -3.03. The van der Waals surface area contributed by atoms with Crippen LogP contribution in [0.2, 0.25) is 5.02 Å². The molecular weight excluding hydrogens is 388 g/mol. The second-order valence-corrected chi connectivity index (χ2v) is 7.60. The molecule has 7 nitrogen and oxygen atoms in total. The molecule has 0 spiro atoms. The number of benzene rings is 2. The highest BCUT2D eigenvalue weighted by Crippen LogP contribution is 2.27. The Balaban J connectivity index is 1.42. The fourth-order valence-electron chi connectivity index (χ4n) is 3.30. The van der Waals surface area contributed by atoms with Gasteiger partial charge >= 0.3 is 0 Å². The molecule has 2 heterocycles. The predicted octanol–water partition coefficient (Wildman–Crippen LogP) is 3.32. The van der Waals surface area contributed by atoms with Crippen LogP contribution in [0.1, 0.15) is 10.4 Å². The first-order valence-corrected chi connectivity index (χ1v) is 9.83. The van der Waals surface area contributed by atoms with Gasteiger partial charge in [0.2, 0.25) is 0 Å². The summed E-state index contributed by atoms with van der Waals surface area (Å²) in [5.74, 6) is 0.321. The third kappa shape index (κ3) is 4.36. The summed E-state index contributed by atoms with van der Waals surface area (Å²) in [6.45, 7) is 4.08. The van der Waals surface area contributed by atoms with E-state index in [0.717, 1.165) is 37.4 Å². The van der Waals surface area contributed by atoms with Crippen molar-refractivity contribution in [1.29, 1.82) is 0 Å². The molecule has 4 N–H and O–H groups in total. The van der Waals surface area contributed by atoms with Gasteiger partial charge in [0.1, 0.15) is 5.82 Å². The highest BCUT2D eigenvalue weighted by molar-refractivity contribution is 6.33. The molecule has 0 unspecified atom stereocenters. The Morgan fingerprint density at radius 1 is 1.10 bits per heavy atom. The lowest BCUT2D eigenvalue weighted by Crippen LogP contribution is -2.44. The van der Waals surface area contributed by atoms with Crippen molar-refractivity contribution in [3.63, 3.8) is 0 Å². The maximum atomic E-state index is 12.6. The van der Waals surface area contributed by atoms with Crippen LogP contribution in [0.15, 0.2) is 48.5 Å². The van der Waals surface area contributed by atoms with E-state index in [4.69, 9.17) is 17.3 Å². The van der Waals surface area contributed by atoms with E-state index >= 15 is 0 Å². The number of halogens is 1. The van der Waals surface area contributed by atoms with Gasteiger partial charge in [-0.2, -0.15) is 5.10 Å². The van der Waals surface area contributed by atoms with Gasteiger partial charge in [-0.25, -0.2) is 0 Å². The smallest absolute Gasteiger partial charge is 0.256 e. The number of nitrogens with two attached hydrogens (primary N) is 1. The fourth-order valence-corrected chi connectivity index (χ4v) is 3.48. The van der Waals surface area contributed by atoms with Crippen molar-refractivity contribution in [2.24, 2.45) is 0 Å². The lowest BCUT2D eigenvalue weighted by Gasteiger charge is -2.34. The fraction of sp³-hybridized carbons (Fsp3) is 0.238. The van der Waals surface area contributed by atoms with Crippen LogP contribution in [0.25, 0.3) is 11.3 Å². The molecular formula is C21H23ClN6O. The number of nitrogens with zero attached hydrogens (tertiary/aromatic N) is 3. The maximum absolute atomic E-state index is 12.6. The number of carbonyl (C=O) groups is 1. The molecule has 0 bridgehead atoms. The summed E-state index contributed by atoms with van der Waals surface area (Å²) in [5.41, 5.74) is 9.48. The van der Waals surface area contributed by atoms with Gasteiger partial charge < -0.3 is 20.9 Å². The van der Waals surface area contributed by atoms with Gasteiger partial charge in [-0.3, -0.25) is 9.89 Å². The number of likely N-dealkylation sites (N-methyl/N-ethyl adjacent to an activating group) is 1. The standard InChI is InChI=1S/C21H23ClN6O/c1-27-8-10-28(11-9-27)16-5-2-14(3-6-16)21(29)24-20-13-19(25-26-20)15-4-7-18(23)17(22)12-15/h2-7,12-13H,8-11,23H2,1H3,(H2,24,25,26,29). The van der Waals surface area contributed by atoms with Crippen molar-refractivity contribution in [2.75, 3.05) is 49.2 Å². The molecule has 1 amide bonds. The van der Waals surface area contributed by atoms with E-state index in [1.807, 2.05) is 30.3 Å². The third-order valence-electron chi connectivity index (χ3n) is 5.12. The predicted molar refractivity (Wildman–Crippen MR) is 118 cm³/mol. The third-order valence-corrected chi connectivity index (χ3v) is 5.45. The Morgan fingerprint density at radius 3 is 2.52 bits per heavy atom. The van der Waals surface area contributed by atoms with Crippen LogP contribution in [0.5, 0.6) is 0 Å². The van der Waals surface area contributed by atoms with Gasteiger partial charge in [0, 0.05) is 49.1 Å². The van der Waals surface area contributed by atoms with E-state index in [2.05, 4.69) is 32.4 Å². The molecule has 0 saturated carbocycles. The van der Waals surface area contributed by atoms with Crippen molar-refractivity contribution in [2.45, 2.75) is 0 Å². The van der Waals surface area contributed by atoms with E-state index in [0.29, 0.717) is 27.8 Å². The van der Waals surface area contributed by atoms with Crippen LogP contribution in [-0.4, -0.2) is 54.2 Å². The van der Waals surface area contributed by atoms with E-state index in [-0.39, 0.29) is 5.91 Å². The molecule has 2 aromatic carbocycles. The van der Waals surface area contributed by atoms with Gasteiger partial charge in [-0.15, -0.1) is 0 Å². The minimum atomic E-state index is -0.194. The van der Waals surface area contributed by atoms with Crippen LogP contribution in [-0.2, 0) is 0 Å². The number of nitrogen functional groups attached to an aromatic ring is 1. The second-order valence-electron chi connectivity index (χ2n) is 7.19. The van der Waals surface area contributed by atoms with Crippen molar-refractivity contribution < 1.29 is 4.79 Å². The van der Waals surface area contributed by atoms with Crippen LogP contribution >= 0.6 is 11.6 Å². The molecule has 4 rings (SSSR count). The molecule has 29 heavy (non-hydrogen) atoms. The largest absolute Gasteiger partial charge is 0.398 e. The molecule has 0 aliphatic carbocycles. The molecule has 8 heteroatoms. The Bertz CT molecular complexity index is 1010. The van der Waals surface area contributed by atoms with Crippen molar-refractivity contribution in [1.82, 2.24) is 15.1 Å². The minimum absolute atomic E-state index is 0.194. The molecule has 1 aliphatic heterocycles. The number of aromatic nitrogens is 2. The average Bonchev–Trinajstić information content (AvgIpc) is 3.19. The highest BCUT2D eigenvalue weighted by Gasteiger charge is 2.15. The molecule has 1 fully saturated rings. The number of hydrogen-bond acceptors (Lipinski definition) is 5. The Kier molecular flexibility index (Phi) is 5.42. The summed E-state index contributed by atoms with van der Waals surface area (Å²) in [5, 5.41) is 10.4. The number of nitrogens with one attached hydrogen (secondary N) is 2. The summed E-state index contributed by atoms with van der Waals surface area (Å²) >= 11 is 6.07. The van der Waals surface area contributed by atoms with Crippen LogP contribution < -0.4 is 16.0 Å². The van der Waals surface area contributed by atoms with Crippen LogP contribution in [0.3, 0.4) is 0 Å². The van der Waals surface area contributed by atoms with Gasteiger partial charge in [0.05, 0.1) is 16.4 Å². The van der Waals surface area contributed by atoms with Crippen molar-refractivity contribution in [3.05, 3.63) is 59.1 Å². The quantitative estimate of drug-likeness (QED) is 0.574. The van der Waals surface area contributed by atoms with Gasteiger partial charge in [-0.1, -0.05) is 17.7 Å². The van der Waals surface area contributed by atoms with Crippen molar-refractivity contribution >= 4 is 34.7 Å². The van der Waals surface area contributed by atoms with Crippen LogP contribution in [0.4, 0.5) is 17.2 Å². The first-order chi connectivity index (χ1) is 14.0. The number of carbonyl (C=O) groups excluding carboxylic acids is 1. The molecule has 1 saturated heterocycles. The molecule has 0 atom stereocenters. The number of anilines is 3. The molecule has 1 aromatic heterocycles. The SMILES string of the molecule is CN1CCN(c2ccc(C(=O)Nc3cc(-c4ccc(N)c(Cl)c4)n[nH]3)cc2)CC1. The zero-order valence-electron chi connectivity index (χ0n) is 16.2. The zero-order valence-corrected chi connectivity index (χ0v) is 16.9. The number of piperazine rings is 1. The van der Waals surface area contributed by atoms with E-state index in [1.165, 1.54) is 0 Å². The topological polar surface area (TPSA) is 90.3 Å². The van der Waals surface area contributed by atoms with Crippen molar-refractivity contribution in [3.8, 4) is 11.3 Å². The maximum Gasteiger partial charge on any atom is 0.256 e. The first-order valence-electron chi connectivity index (χ1n) is 9.45. The molecule has 150 valence electrons. The summed E-state index contributed by atoms with van der Waals surface area (Å²) < 4.78 is 0. The molecule has 1 aliphatic rings. The highest BCUT2D eigenvalue weighted by atomic mass is 35.5. The minimum Gasteiger partial charge on any atom is -0.398 e. The second kappa shape index (κ2) is 8.14. The lowest BCUT2D eigenvalue weighted by atomic mass is 10.1. The van der Waals surface area contributed by atoms with E-state index in [1.54, 1.807) is 18.2 Å². The number of H-pyrrole nitrogens is 1. The number of hydrogen-bond donors (Lipinski definition) is 3. The number of amides is 1. The van der Waals surface area contributed by atoms with E-state index in [9.17, 15) is 4.79 Å². The molecule has 0 radical (unpaired) electrons. The Labute approximate surface area is 174 Å². The summed E-state index contributed by atoms with van der Waals surface area (Å²) in [4.78, 5) is 17.2. The normalized spacial score (nSPS) is 14.8. The average molecular weight is 411 g/mol.